The SMILES string of the molecule is Cc1ccccc1-c1cc(CO)ccc1C(=O)O. The van der Waals surface area contributed by atoms with Crippen molar-refractivity contribution in [3.05, 3.63) is 59.2 Å². The lowest BCUT2D eigenvalue weighted by Gasteiger charge is -2.10. The zero-order valence-electron chi connectivity index (χ0n) is 10.1. The van der Waals surface area contributed by atoms with Gasteiger partial charge in [0.05, 0.1) is 12.2 Å². The van der Waals surface area contributed by atoms with E-state index in [1.54, 1.807) is 12.1 Å². The maximum Gasteiger partial charge on any atom is 0.336 e. The molecule has 0 unspecified atom stereocenters. The van der Waals surface area contributed by atoms with Gasteiger partial charge in [0.1, 0.15) is 0 Å². The van der Waals surface area contributed by atoms with E-state index in [0.29, 0.717) is 11.1 Å². The highest BCUT2D eigenvalue weighted by Gasteiger charge is 2.13. The predicted octanol–water partition coefficient (Wildman–Crippen LogP) is 2.85. The Balaban J connectivity index is 2.68. The maximum atomic E-state index is 11.2. The Labute approximate surface area is 105 Å². The molecule has 0 bridgehead atoms. The van der Waals surface area contributed by atoms with Gasteiger partial charge in [-0.2, -0.15) is 0 Å². The smallest absolute Gasteiger partial charge is 0.336 e. The van der Waals surface area contributed by atoms with E-state index in [2.05, 4.69) is 0 Å². The van der Waals surface area contributed by atoms with Crippen molar-refractivity contribution in [2.75, 3.05) is 0 Å². The van der Waals surface area contributed by atoms with Crippen LogP contribution in [0.4, 0.5) is 0 Å². The van der Waals surface area contributed by atoms with Crippen LogP contribution < -0.4 is 0 Å². The molecule has 3 nitrogen and oxygen atoms in total. The highest BCUT2D eigenvalue weighted by Crippen LogP contribution is 2.28. The van der Waals surface area contributed by atoms with Crippen molar-refractivity contribution in [3.8, 4) is 11.1 Å². The van der Waals surface area contributed by atoms with E-state index in [-0.39, 0.29) is 12.2 Å². The summed E-state index contributed by atoms with van der Waals surface area (Å²) in [6, 6.07) is 12.5. The predicted molar refractivity (Wildman–Crippen MR) is 69.5 cm³/mol. The molecule has 18 heavy (non-hydrogen) atoms. The maximum absolute atomic E-state index is 11.2. The molecular formula is C15H14O3. The summed E-state index contributed by atoms with van der Waals surface area (Å²) in [5, 5.41) is 18.4. The second-order valence-electron chi connectivity index (χ2n) is 4.16. The van der Waals surface area contributed by atoms with Crippen LogP contribution in [0.1, 0.15) is 21.5 Å². The highest BCUT2D eigenvalue weighted by atomic mass is 16.4. The largest absolute Gasteiger partial charge is 0.478 e. The molecule has 0 saturated carbocycles. The Morgan fingerprint density at radius 3 is 2.44 bits per heavy atom. The van der Waals surface area contributed by atoms with E-state index < -0.39 is 5.97 Å². The molecule has 0 heterocycles. The fourth-order valence-corrected chi connectivity index (χ4v) is 1.97. The molecule has 0 aromatic heterocycles. The van der Waals surface area contributed by atoms with Gasteiger partial charge < -0.3 is 10.2 Å². The molecule has 0 amide bonds. The molecule has 0 atom stereocenters. The van der Waals surface area contributed by atoms with Crippen molar-refractivity contribution in [2.45, 2.75) is 13.5 Å². The molecule has 2 aromatic rings. The van der Waals surface area contributed by atoms with Crippen LogP contribution in [0.5, 0.6) is 0 Å². The fraction of sp³-hybridized carbons (Fsp3) is 0.133. The first-order valence-corrected chi connectivity index (χ1v) is 5.66. The summed E-state index contributed by atoms with van der Waals surface area (Å²) in [7, 11) is 0. The van der Waals surface area contributed by atoms with Crippen molar-refractivity contribution >= 4 is 5.97 Å². The molecule has 0 aliphatic carbocycles. The Kier molecular flexibility index (Phi) is 3.44. The number of aliphatic hydroxyl groups is 1. The molecule has 2 N–H and O–H groups in total. The summed E-state index contributed by atoms with van der Waals surface area (Å²) in [6.45, 7) is 1.84. The van der Waals surface area contributed by atoms with Crippen LogP contribution in [0, 0.1) is 6.92 Å². The third-order valence-electron chi connectivity index (χ3n) is 2.93. The van der Waals surface area contributed by atoms with Gasteiger partial charge in [-0.1, -0.05) is 30.3 Å². The van der Waals surface area contributed by atoms with Gasteiger partial charge in [0, 0.05) is 0 Å². The van der Waals surface area contributed by atoms with Gasteiger partial charge in [-0.15, -0.1) is 0 Å². The van der Waals surface area contributed by atoms with Crippen LogP contribution in [-0.2, 0) is 6.61 Å². The van der Waals surface area contributed by atoms with Crippen molar-refractivity contribution in [1.82, 2.24) is 0 Å². The quantitative estimate of drug-likeness (QED) is 0.870. The minimum absolute atomic E-state index is 0.0984. The number of hydrogen-bond donors (Lipinski definition) is 2. The van der Waals surface area contributed by atoms with Crippen molar-refractivity contribution in [3.63, 3.8) is 0 Å². The van der Waals surface area contributed by atoms with Crippen LogP contribution >= 0.6 is 0 Å². The van der Waals surface area contributed by atoms with Crippen LogP contribution in [-0.4, -0.2) is 16.2 Å². The zero-order valence-corrected chi connectivity index (χ0v) is 10.1. The summed E-state index contributed by atoms with van der Waals surface area (Å²) >= 11 is 0. The number of rotatable bonds is 3. The van der Waals surface area contributed by atoms with Crippen LogP contribution in [0.2, 0.25) is 0 Å². The first-order chi connectivity index (χ1) is 8.63. The number of carbonyl (C=O) groups is 1. The van der Waals surface area contributed by atoms with Crippen molar-refractivity contribution in [2.24, 2.45) is 0 Å². The molecule has 0 aliphatic heterocycles. The molecule has 0 spiro atoms. The molecule has 0 radical (unpaired) electrons. The first-order valence-electron chi connectivity index (χ1n) is 5.66. The Morgan fingerprint density at radius 1 is 1.11 bits per heavy atom. The lowest BCUT2D eigenvalue weighted by molar-refractivity contribution is 0.0697. The number of aromatic carboxylic acids is 1. The average molecular weight is 242 g/mol. The van der Waals surface area contributed by atoms with Gasteiger partial charge in [-0.3, -0.25) is 0 Å². The molecule has 0 saturated heterocycles. The van der Waals surface area contributed by atoms with Crippen LogP contribution in [0.15, 0.2) is 42.5 Å². The van der Waals surface area contributed by atoms with E-state index >= 15 is 0 Å². The first kappa shape index (κ1) is 12.3. The Bertz CT molecular complexity index is 588. The number of carboxylic acid groups (broad SMARTS) is 1. The summed E-state index contributed by atoms with van der Waals surface area (Å²) in [5.41, 5.74) is 3.49. The monoisotopic (exact) mass is 242 g/mol. The topological polar surface area (TPSA) is 57.5 Å². The summed E-state index contributed by atoms with van der Waals surface area (Å²) < 4.78 is 0. The summed E-state index contributed by atoms with van der Waals surface area (Å²) in [6.07, 6.45) is 0. The van der Waals surface area contributed by atoms with Gasteiger partial charge in [0.2, 0.25) is 0 Å². The number of aliphatic hydroxyl groups excluding tert-OH is 1. The Hall–Kier alpha value is -2.13. The Morgan fingerprint density at radius 2 is 1.83 bits per heavy atom. The van der Waals surface area contributed by atoms with Gasteiger partial charge in [-0.05, 0) is 41.3 Å². The van der Waals surface area contributed by atoms with Gasteiger partial charge >= 0.3 is 5.97 Å². The standard InChI is InChI=1S/C15H14O3/c1-10-4-2-3-5-12(10)14-8-11(9-16)6-7-13(14)15(17)18/h2-8,16H,9H2,1H3,(H,17,18). The van der Waals surface area contributed by atoms with Gasteiger partial charge in [0.25, 0.3) is 0 Å². The number of hydrogen-bond acceptors (Lipinski definition) is 2. The molecular weight excluding hydrogens is 228 g/mol. The normalized spacial score (nSPS) is 10.3. The summed E-state index contributed by atoms with van der Waals surface area (Å²) in [5.74, 6) is -0.960. The third-order valence-corrected chi connectivity index (χ3v) is 2.93. The van der Waals surface area contributed by atoms with Gasteiger partial charge in [-0.25, -0.2) is 4.79 Å². The minimum Gasteiger partial charge on any atom is -0.478 e. The van der Waals surface area contributed by atoms with Crippen molar-refractivity contribution < 1.29 is 15.0 Å². The number of benzene rings is 2. The second-order valence-corrected chi connectivity index (χ2v) is 4.16. The van der Waals surface area contributed by atoms with E-state index in [1.807, 2.05) is 31.2 Å². The van der Waals surface area contributed by atoms with E-state index in [0.717, 1.165) is 11.1 Å². The number of carboxylic acids is 1. The third kappa shape index (κ3) is 2.26. The fourth-order valence-electron chi connectivity index (χ4n) is 1.97. The average Bonchev–Trinajstić information content (AvgIpc) is 2.38. The molecule has 0 aliphatic rings. The molecule has 3 heteroatoms. The lowest BCUT2D eigenvalue weighted by Crippen LogP contribution is -2.01. The van der Waals surface area contributed by atoms with Crippen molar-refractivity contribution in [1.29, 1.82) is 0 Å². The van der Waals surface area contributed by atoms with Crippen LogP contribution in [0.3, 0.4) is 0 Å². The highest BCUT2D eigenvalue weighted by molar-refractivity contribution is 5.96. The van der Waals surface area contributed by atoms with Gasteiger partial charge in [0.15, 0.2) is 0 Å². The molecule has 0 fully saturated rings. The minimum atomic E-state index is -0.960. The van der Waals surface area contributed by atoms with E-state index in [9.17, 15) is 9.90 Å². The lowest BCUT2D eigenvalue weighted by atomic mass is 9.94. The molecule has 2 rings (SSSR count). The van der Waals surface area contributed by atoms with E-state index in [1.165, 1.54) is 6.07 Å². The van der Waals surface area contributed by atoms with Crippen LogP contribution in [0.25, 0.3) is 11.1 Å². The molecule has 92 valence electrons. The zero-order chi connectivity index (χ0) is 13.1. The molecule has 2 aromatic carbocycles. The number of aryl methyl sites for hydroxylation is 1. The van der Waals surface area contributed by atoms with E-state index in [4.69, 9.17) is 5.11 Å². The summed E-state index contributed by atoms with van der Waals surface area (Å²) in [4.78, 5) is 11.2. The second kappa shape index (κ2) is 5.02.